The minimum absolute atomic E-state index is 0.107. The molecular weight excluding hydrogens is 402 g/mol. The van der Waals surface area contributed by atoms with E-state index in [1.54, 1.807) is 12.1 Å². The van der Waals surface area contributed by atoms with Crippen LogP contribution >= 0.6 is 0 Å². The summed E-state index contributed by atoms with van der Waals surface area (Å²) in [6, 6.07) is 23.6. The highest BCUT2D eigenvalue weighted by atomic mass is 16.4. The highest BCUT2D eigenvalue weighted by Crippen LogP contribution is 2.32. The van der Waals surface area contributed by atoms with Gasteiger partial charge in [-0.15, -0.1) is 0 Å². The van der Waals surface area contributed by atoms with Crippen molar-refractivity contribution in [3.8, 4) is 0 Å². The number of nitrogens with one attached hydrogen (secondary N) is 2. The van der Waals surface area contributed by atoms with E-state index in [-0.39, 0.29) is 11.3 Å². The Morgan fingerprint density at radius 3 is 2.31 bits per heavy atom. The Balaban J connectivity index is 1.67. The number of rotatable bonds is 6. The summed E-state index contributed by atoms with van der Waals surface area (Å²) in [4.78, 5) is 23.7. The first-order valence-corrected chi connectivity index (χ1v) is 10.3. The molecule has 6 nitrogen and oxygen atoms in total. The summed E-state index contributed by atoms with van der Waals surface area (Å²) in [5, 5.41) is 20.4. The topological polar surface area (TPSA) is 116 Å². The lowest BCUT2D eigenvalue weighted by Crippen LogP contribution is -2.21. The number of carbonyl (C=O) groups excluding carboxylic acids is 1. The number of hydrogen-bond donors (Lipinski definition) is 4. The summed E-state index contributed by atoms with van der Waals surface area (Å²) in [5.41, 5.74) is 10.7. The number of hydrogen-bond acceptors (Lipinski definition) is 4. The van der Waals surface area contributed by atoms with Crippen molar-refractivity contribution < 1.29 is 14.7 Å². The number of amides is 1. The second kappa shape index (κ2) is 8.89. The summed E-state index contributed by atoms with van der Waals surface area (Å²) in [7, 11) is 0. The van der Waals surface area contributed by atoms with Crippen LogP contribution in [0.3, 0.4) is 0 Å². The third kappa shape index (κ3) is 4.30. The van der Waals surface area contributed by atoms with Gasteiger partial charge in [-0.1, -0.05) is 60.7 Å². The van der Waals surface area contributed by atoms with E-state index >= 15 is 0 Å². The third-order valence-electron chi connectivity index (χ3n) is 5.60. The van der Waals surface area contributed by atoms with Gasteiger partial charge in [-0.2, -0.15) is 0 Å². The fourth-order valence-corrected chi connectivity index (χ4v) is 3.92. The molecule has 0 saturated carbocycles. The Bertz CT molecular complexity index is 1230. The number of carboxylic acids is 1. The van der Waals surface area contributed by atoms with Crippen LogP contribution in [-0.2, 0) is 17.6 Å². The fraction of sp³-hybridized carbons (Fsp3) is 0.115. The summed E-state index contributed by atoms with van der Waals surface area (Å²) in [6.45, 7) is 0. The van der Waals surface area contributed by atoms with E-state index < -0.39 is 17.9 Å². The smallest absolute Gasteiger partial charge is 0.335 e. The van der Waals surface area contributed by atoms with Crippen molar-refractivity contribution in [1.82, 2.24) is 5.32 Å². The average Bonchev–Trinajstić information content (AvgIpc) is 3.12. The van der Waals surface area contributed by atoms with E-state index in [4.69, 9.17) is 11.1 Å². The van der Waals surface area contributed by atoms with Crippen LogP contribution in [0, 0.1) is 5.41 Å². The van der Waals surface area contributed by atoms with E-state index in [2.05, 4.69) is 17.4 Å². The Kier molecular flexibility index (Phi) is 5.85. The molecule has 0 spiro atoms. The first-order valence-electron chi connectivity index (χ1n) is 10.3. The third-order valence-corrected chi connectivity index (χ3v) is 5.60. The number of benzene rings is 3. The highest BCUT2D eigenvalue weighted by molar-refractivity contribution is 6.48. The normalized spacial score (nSPS) is 17.2. The van der Waals surface area contributed by atoms with Gasteiger partial charge in [0.2, 0.25) is 0 Å². The molecule has 1 aliphatic rings. The minimum Gasteiger partial charge on any atom is -0.478 e. The maximum absolute atomic E-state index is 12.3. The number of carboxylic acid groups (broad SMARTS) is 1. The lowest BCUT2D eigenvalue weighted by Gasteiger charge is -2.16. The van der Waals surface area contributed by atoms with Gasteiger partial charge in [0.1, 0.15) is 5.71 Å². The predicted molar refractivity (Wildman–Crippen MR) is 123 cm³/mol. The molecular formula is C26H23N3O3. The molecule has 0 aliphatic carbocycles. The summed E-state index contributed by atoms with van der Waals surface area (Å²) in [5.74, 6) is -1.59. The molecule has 5 N–H and O–H groups in total. The molecule has 4 rings (SSSR count). The summed E-state index contributed by atoms with van der Waals surface area (Å²) >= 11 is 0. The van der Waals surface area contributed by atoms with Crippen LogP contribution in [0.1, 0.15) is 38.7 Å². The van der Waals surface area contributed by atoms with Gasteiger partial charge in [0.25, 0.3) is 5.91 Å². The number of carbonyl (C=O) groups is 2. The van der Waals surface area contributed by atoms with E-state index in [0.717, 1.165) is 24.0 Å². The molecule has 1 atom stereocenters. The van der Waals surface area contributed by atoms with Crippen molar-refractivity contribution in [2.45, 2.75) is 18.9 Å². The van der Waals surface area contributed by atoms with Gasteiger partial charge < -0.3 is 16.2 Å². The zero-order valence-corrected chi connectivity index (χ0v) is 17.3. The molecule has 1 aliphatic heterocycles. The predicted octanol–water partition coefficient (Wildman–Crippen LogP) is 3.73. The monoisotopic (exact) mass is 425 g/mol. The van der Waals surface area contributed by atoms with Crippen LogP contribution in [0.25, 0.3) is 5.70 Å². The fourth-order valence-electron chi connectivity index (χ4n) is 3.92. The van der Waals surface area contributed by atoms with Gasteiger partial charge in [-0.3, -0.25) is 10.2 Å². The zero-order valence-electron chi connectivity index (χ0n) is 17.3. The Hall–Kier alpha value is -4.19. The maximum Gasteiger partial charge on any atom is 0.335 e. The maximum atomic E-state index is 12.3. The van der Waals surface area contributed by atoms with Crippen molar-refractivity contribution in [1.29, 1.82) is 5.41 Å². The first-order chi connectivity index (χ1) is 15.4. The largest absolute Gasteiger partial charge is 0.478 e. The Morgan fingerprint density at radius 1 is 0.906 bits per heavy atom. The minimum atomic E-state index is -1.06. The first kappa shape index (κ1) is 21.1. The molecule has 1 unspecified atom stereocenters. The van der Waals surface area contributed by atoms with E-state index in [1.807, 2.05) is 42.5 Å². The molecule has 3 aromatic rings. The van der Waals surface area contributed by atoms with Gasteiger partial charge >= 0.3 is 5.97 Å². The van der Waals surface area contributed by atoms with Crippen LogP contribution in [-0.4, -0.2) is 22.7 Å². The van der Waals surface area contributed by atoms with Gasteiger partial charge in [0, 0.05) is 11.3 Å². The molecule has 6 heteroatoms. The van der Waals surface area contributed by atoms with E-state index in [1.165, 1.54) is 17.7 Å². The molecule has 160 valence electrons. The van der Waals surface area contributed by atoms with Gasteiger partial charge in [-0.25, -0.2) is 4.79 Å². The molecule has 0 radical (unpaired) electrons. The SMILES string of the molecule is N=C1C(=O)NC(c2cccc(C(=O)O)c2)C1=C(N)c1cccc(CCc2ccccc2)c1. The Morgan fingerprint density at radius 2 is 1.56 bits per heavy atom. The van der Waals surface area contributed by atoms with Crippen molar-refractivity contribution in [2.75, 3.05) is 0 Å². The van der Waals surface area contributed by atoms with Crippen LogP contribution in [0.2, 0.25) is 0 Å². The molecule has 0 aromatic heterocycles. The lowest BCUT2D eigenvalue weighted by atomic mass is 9.93. The van der Waals surface area contributed by atoms with Gasteiger partial charge in [0.15, 0.2) is 0 Å². The number of nitrogens with two attached hydrogens (primary N) is 1. The molecule has 32 heavy (non-hydrogen) atoms. The molecule has 1 fully saturated rings. The number of aromatic carboxylic acids is 1. The number of aryl methyl sites for hydroxylation is 2. The second-order valence-corrected chi connectivity index (χ2v) is 7.73. The van der Waals surface area contributed by atoms with Crippen LogP contribution in [0.4, 0.5) is 0 Å². The van der Waals surface area contributed by atoms with E-state index in [9.17, 15) is 14.7 Å². The molecule has 3 aromatic carbocycles. The van der Waals surface area contributed by atoms with Gasteiger partial charge in [0.05, 0.1) is 11.6 Å². The second-order valence-electron chi connectivity index (χ2n) is 7.73. The molecule has 1 saturated heterocycles. The van der Waals surface area contributed by atoms with Crippen molar-refractivity contribution in [3.05, 3.63) is 112 Å². The van der Waals surface area contributed by atoms with Crippen molar-refractivity contribution in [3.63, 3.8) is 0 Å². The van der Waals surface area contributed by atoms with E-state index in [0.29, 0.717) is 16.8 Å². The van der Waals surface area contributed by atoms with Gasteiger partial charge in [-0.05, 0) is 53.3 Å². The quantitative estimate of drug-likeness (QED) is 0.481. The van der Waals surface area contributed by atoms with Crippen LogP contribution < -0.4 is 11.1 Å². The van der Waals surface area contributed by atoms with Crippen molar-refractivity contribution >= 4 is 23.3 Å². The average molecular weight is 425 g/mol. The molecule has 0 bridgehead atoms. The molecule has 1 heterocycles. The summed E-state index contributed by atoms with van der Waals surface area (Å²) < 4.78 is 0. The lowest BCUT2D eigenvalue weighted by molar-refractivity contribution is -0.114. The standard InChI is InChI=1S/C26H23N3O3/c27-22(18-9-4-8-17(14-18)13-12-16-6-2-1-3-7-16)21-23(28)25(30)29-24(21)19-10-5-11-20(15-19)26(31)32/h1-11,14-15,24,28H,12-13,27H2,(H,29,30)(H,31,32). The highest BCUT2D eigenvalue weighted by Gasteiger charge is 2.36. The Labute approximate surface area is 185 Å². The van der Waals surface area contributed by atoms with Crippen LogP contribution in [0.15, 0.2) is 84.4 Å². The van der Waals surface area contributed by atoms with Crippen molar-refractivity contribution in [2.24, 2.45) is 5.73 Å². The molecule has 1 amide bonds. The zero-order chi connectivity index (χ0) is 22.7. The summed E-state index contributed by atoms with van der Waals surface area (Å²) in [6.07, 6.45) is 1.72. The van der Waals surface area contributed by atoms with Crippen LogP contribution in [0.5, 0.6) is 0 Å².